The van der Waals surface area contributed by atoms with Crippen molar-refractivity contribution in [2.45, 2.75) is 45.0 Å². The van der Waals surface area contributed by atoms with E-state index in [0.29, 0.717) is 0 Å². The van der Waals surface area contributed by atoms with Crippen LogP contribution in [0.25, 0.3) is 0 Å². The molecule has 7 heteroatoms. The third-order valence-electron chi connectivity index (χ3n) is 2.49. The average molecular weight is 268 g/mol. The molecule has 0 aromatic heterocycles. The summed E-state index contributed by atoms with van der Waals surface area (Å²) >= 11 is 0. The van der Waals surface area contributed by atoms with E-state index in [-0.39, 0.29) is 12.5 Å². The normalized spacial score (nSPS) is 15.3. The van der Waals surface area contributed by atoms with Crippen LogP contribution in [0.4, 0.5) is 0 Å². The summed E-state index contributed by atoms with van der Waals surface area (Å²) < 4.78 is 34.0. The van der Waals surface area contributed by atoms with E-state index in [4.69, 9.17) is 9.66 Å². The van der Waals surface area contributed by atoms with E-state index in [1.54, 1.807) is 0 Å². The molecule has 0 aliphatic rings. The maximum Gasteiger partial charge on any atom is 0.353 e. The number of hydrogen-bond donors (Lipinski definition) is 2. The third-order valence-corrected chi connectivity index (χ3v) is 3.25. The fourth-order valence-corrected chi connectivity index (χ4v) is 1.60. The Bertz CT molecular complexity index is 324. The van der Waals surface area contributed by atoms with Crippen LogP contribution in [0, 0.1) is 5.92 Å². The fraction of sp³-hybridized carbons (Fsp3) is 0.900. The molecule has 0 heterocycles. The summed E-state index contributed by atoms with van der Waals surface area (Å²) in [4.78, 5) is 11.1. The number of unbranched alkanes of at least 4 members (excludes halogenated alkanes) is 1. The molecule has 2 atom stereocenters. The summed E-state index contributed by atoms with van der Waals surface area (Å²) in [7, 11) is -4.79. The smallest absolute Gasteiger partial charge is 0.353 e. The third kappa shape index (κ3) is 6.60. The van der Waals surface area contributed by atoms with Crippen molar-refractivity contribution in [2.75, 3.05) is 6.61 Å². The zero-order valence-corrected chi connectivity index (χ0v) is 10.9. The van der Waals surface area contributed by atoms with Gasteiger partial charge in [-0.3, -0.25) is 4.55 Å². The molecule has 0 fully saturated rings. The number of esters is 1. The molecule has 6 nitrogen and oxygen atoms in total. The molecule has 2 N–H and O–H groups in total. The lowest BCUT2D eigenvalue weighted by atomic mass is 10.0. The molecule has 0 aliphatic heterocycles. The minimum absolute atomic E-state index is 0.0575. The minimum atomic E-state index is -4.79. The van der Waals surface area contributed by atoms with Gasteiger partial charge in [0.15, 0.2) is 0 Å². The predicted octanol–water partition coefficient (Wildman–Crippen LogP) is 0.952. The lowest BCUT2D eigenvalue weighted by molar-refractivity contribution is -0.150. The highest BCUT2D eigenvalue weighted by Crippen LogP contribution is 2.13. The zero-order chi connectivity index (χ0) is 13.5. The largest absolute Gasteiger partial charge is 0.463 e. The van der Waals surface area contributed by atoms with Crippen molar-refractivity contribution in [1.29, 1.82) is 0 Å². The van der Waals surface area contributed by atoms with Crippen molar-refractivity contribution in [3.05, 3.63) is 0 Å². The molecule has 0 aliphatic carbocycles. The van der Waals surface area contributed by atoms with E-state index >= 15 is 0 Å². The fourth-order valence-electron chi connectivity index (χ4n) is 1.29. The Morgan fingerprint density at radius 3 is 2.35 bits per heavy atom. The van der Waals surface area contributed by atoms with E-state index in [2.05, 4.69) is 4.74 Å². The molecular weight excluding hydrogens is 248 g/mol. The molecule has 17 heavy (non-hydrogen) atoms. The Morgan fingerprint density at radius 1 is 1.35 bits per heavy atom. The maximum atomic E-state index is 11.1. The second-order valence-corrected chi connectivity index (χ2v) is 5.39. The molecule has 2 unspecified atom stereocenters. The number of rotatable bonds is 8. The summed E-state index contributed by atoms with van der Waals surface area (Å²) in [6, 6.07) is 0. The Labute approximate surface area is 102 Å². The van der Waals surface area contributed by atoms with Crippen molar-refractivity contribution in [3.63, 3.8) is 0 Å². The highest BCUT2D eigenvalue weighted by molar-refractivity contribution is 7.87. The van der Waals surface area contributed by atoms with Crippen molar-refractivity contribution < 1.29 is 27.6 Å². The van der Waals surface area contributed by atoms with Gasteiger partial charge in [0.05, 0.1) is 6.61 Å². The SMILES string of the molecule is CCCCC(CC)COC(=O)C(O)S(=O)(=O)O. The molecule has 0 aromatic rings. The number of aliphatic hydroxyl groups is 1. The second kappa shape index (κ2) is 7.62. The van der Waals surface area contributed by atoms with Gasteiger partial charge in [-0.1, -0.05) is 33.1 Å². The van der Waals surface area contributed by atoms with Crippen molar-refractivity contribution in [1.82, 2.24) is 0 Å². The Kier molecular flexibility index (Phi) is 7.33. The Hall–Kier alpha value is -0.660. The number of aliphatic hydroxyl groups excluding tert-OH is 1. The highest BCUT2D eigenvalue weighted by Gasteiger charge is 2.30. The van der Waals surface area contributed by atoms with Gasteiger partial charge in [0, 0.05) is 0 Å². The first-order valence-electron chi connectivity index (χ1n) is 5.63. The van der Waals surface area contributed by atoms with Crippen molar-refractivity contribution in [2.24, 2.45) is 5.92 Å². The number of carbonyl (C=O) groups is 1. The van der Waals surface area contributed by atoms with Gasteiger partial charge in [0.25, 0.3) is 5.44 Å². The van der Waals surface area contributed by atoms with E-state index in [9.17, 15) is 13.2 Å². The molecule has 0 spiro atoms. The van der Waals surface area contributed by atoms with Crippen molar-refractivity contribution >= 4 is 16.1 Å². The van der Waals surface area contributed by atoms with Crippen LogP contribution >= 0.6 is 0 Å². The standard InChI is InChI=1S/C10H20O6S/c1-3-5-6-8(4-2)7-16-9(11)10(12)17(13,14)15/h8,10,12H,3-7H2,1-2H3,(H,13,14,15). The van der Waals surface area contributed by atoms with Crippen LogP contribution in [0.1, 0.15) is 39.5 Å². The van der Waals surface area contributed by atoms with Gasteiger partial charge in [-0.15, -0.1) is 0 Å². The average Bonchev–Trinajstić information content (AvgIpc) is 2.26. The van der Waals surface area contributed by atoms with Crippen LogP contribution in [-0.4, -0.2) is 36.1 Å². The molecule has 0 amide bonds. The Balaban J connectivity index is 4.13. The first-order chi connectivity index (χ1) is 7.82. The predicted molar refractivity (Wildman–Crippen MR) is 61.8 cm³/mol. The van der Waals surface area contributed by atoms with Gasteiger partial charge in [-0.05, 0) is 12.3 Å². The van der Waals surface area contributed by atoms with Crippen molar-refractivity contribution in [3.8, 4) is 0 Å². The topological polar surface area (TPSA) is 101 Å². The minimum Gasteiger partial charge on any atom is -0.463 e. The molecule has 0 bridgehead atoms. The molecule has 0 radical (unpaired) electrons. The van der Waals surface area contributed by atoms with Gasteiger partial charge < -0.3 is 9.84 Å². The van der Waals surface area contributed by atoms with Crippen LogP contribution < -0.4 is 0 Å². The Morgan fingerprint density at radius 2 is 1.94 bits per heavy atom. The molecule has 102 valence electrons. The highest BCUT2D eigenvalue weighted by atomic mass is 32.2. The van der Waals surface area contributed by atoms with Crippen LogP contribution in [0.3, 0.4) is 0 Å². The molecular formula is C10H20O6S. The lowest BCUT2D eigenvalue weighted by Crippen LogP contribution is -2.32. The van der Waals surface area contributed by atoms with E-state index in [1.165, 1.54) is 0 Å². The number of carbonyl (C=O) groups excluding carboxylic acids is 1. The van der Waals surface area contributed by atoms with Crippen LogP contribution in [0.2, 0.25) is 0 Å². The van der Waals surface area contributed by atoms with Crippen LogP contribution in [-0.2, 0) is 19.6 Å². The monoisotopic (exact) mass is 268 g/mol. The van der Waals surface area contributed by atoms with Gasteiger partial charge in [-0.2, -0.15) is 8.42 Å². The van der Waals surface area contributed by atoms with Gasteiger partial charge >= 0.3 is 16.1 Å². The van der Waals surface area contributed by atoms with Crippen LogP contribution in [0.15, 0.2) is 0 Å². The first-order valence-corrected chi connectivity index (χ1v) is 7.14. The maximum absolute atomic E-state index is 11.1. The lowest BCUT2D eigenvalue weighted by Gasteiger charge is -2.15. The summed E-state index contributed by atoms with van der Waals surface area (Å²) in [5.74, 6) is -1.19. The van der Waals surface area contributed by atoms with Crippen LogP contribution in [0.5, 0.6) is 0 Å². The first kappa shape index (κ1) is 16.3. The van der Waals surface area contributed by atoms with E-state index in [1.807, 2.05) is 13.8 Å². The summed E-state index contributed by atoms with van der Waals surface area (Å²) in [6.07, 6.45) is 3.70. The summed E-state index contributed by atoms with van der Waals surface area (Å²) in [6.45, 7) is 4.04. The molecule has 0 rings (SSSR count). The van der Waals surface area contributed by atoms with E-state index < -0.39 is 21.5 Å². The second-order valence-electron chi connectivity index (χ2n) is 3.91. The van der Waals surface area contributed by atoms with Gasteiger partial charge in [0.2, 0.25) is 0 Å². The number of hydrogen-bond acceptors (Lipinski definition) is 5. The molecule has 0 saturated heterocycles. The zero-order valence-electron chi connectivity index (χ0n) is 10.1. The van der Waals surface area contributed by atoms with E-state index in [0.717, 1.165) is 25.7 Å². The van der Waals surface area contributed by atoms with Gasteiger partial charge in [0.1, 0.15) is 0 Å². The number of ether oxygens (including phenoxy) is 1. The van der Waals surface area contributed by atoms with Gasteiger partial charge in [-0.25, -0.2) is 4.79 Å². The molecule has 0 saturated carbocycles. The molecule has 0 aromatic carbocycles. The summed E-state index contributed by atoms with van der Waals surface area (Å²) in [5, 5.41) is 8.90. The summed E-state index contributed by atoms with van der Waals surface area (Å²) in [5.41, 5.74) is -2.51. The quantitative estimate of drug-likeness (QED) is 0.502.